The third-order valence-electron chi connectivity index (χ3n) is 2.74. The van der Waals surface area contributed by atoms with Crippen molar-refractivity contribution in [1.82, 2.24) is 9.97 Å². The second kappa shape index (κ2) is 4.91. The molecule has 5 nitrogen and oxygen atoms in total. The van der Waals surface area contributed by atoms with Crippen LogP contribution in [0.2, 0.25) is 0 Å². The van der Waals surface area contributed by atoms with Crippen molar-refractivity contribution < 1.29 is 4.74 Å². The van der Waals surface area contributed by atoms with Gasteiger partial charge in [0.25, 0.3) is 5.56 Å². The molecule has 94 valence electrons. The Bertz CT molecular complexity index is 620. The first-order valence-corrected chi connectivity index (χ1v) is 5.58. The molecule has 18 heavy (non-hydrogen) atoms. The third kappa shape index (κ3) is 2.51. The first kappa shape index (κ1) is 12.2. The first-order chi connectivity index (χ1) is 8.60. The second-order valence-corrected chi connectivity index (χ2v) is 4.05. The van der Waals surface area contributed by atoms with E-state index in [2.05, 4.69) is 9.97 Å². The van der Waals surface area contributed by atoms with Crippen LogP contribution in [0.5, 0.6) is 5.75 Å². The first-order valence-electron chi connectivity index (χ1n) is 5.58. The zero-order valence-electron chi connectivity index (χ0n) is 10.4. The van der Waals surface area contributed by atoms with E-state index in [9.17, 15) is 4.79 Å². The summed E-state index contributed by atoms with van der Waals surface area (Å²) in [6.07, 6.45) is 0.511. The van der Waals surface area contributed by atoms with Crippen molar-refractivity contribution in [2.75, 3.05) is 12.8 Å². The van der Waals surface area contributed by atoms with Gasteiger partial charge in [0.1, 0.15) is 17.4 Å². The lowest BCUT2D eigenvalue weighted by molar-refractivity contribution is 0.414. The van der Waals surface area contributed by atoms with Gasteiger partial charge in [-0.2, -0.15) is 0 Å². The van der Waals surface area contributed by atoms with E-state index in [1.54, 1.807) is 14.0 Å². The normalized spacial score (nSPS) is 10.3. The fraction of sp³-hybridized carbons (Fsp3) is 0.231. The summed E-state index contributed by atoms with van der Waals surface area (Å²) in [6, 6.07) is 7.60. The maximum absolute atomic E-state index is 11.6. The summed E-state index contributed by atoms with van der Waals surface area (Å²) in [7, 11) is 1.61. The Labute approximate surface area is 105 Å². The second-order valence-electron chi connectivity index (χ2n) is 4.05. The predicted molar refractivity (Wildman–Crippen MR) is 69.8 cm³/mol. The number of nitrogens with two attached hydrogens (primary N) is 1. The molecule has 0 atom stereocenters. The molecule has 0 spiro atoms. The molecule has 0 fully saturated rings. The predicted octanol–water partition coefficient (Wildman–Crippen LogP) is 1.26. The number of nitrogens with one attached hydrogen (secondary N) is 1. The maximum atomic E-state index is 11.6. The maximum Gasteiger partial charge on any atom is 0.255 e. The Morgan fingerprint density at radius 3 is 2.89 bits per heavy atom. The van der Waals surface area contributed by atoms with Crippen molar-refractivity contribution in [2.24, 2.45) is 0 Å². The summed E-state index contributed by atoms with van der Waals surface area (Å²) in [5.41, 5.74) is 6.93. The number of nitrogens with zero attached hydrogens (tertiary/aromatic N) is 1. The summed E-state index contributed by atoms with van der Waals surface area (Å²) in [4.78, 5) is 18.5. The van der Waals surface area contributed by atoms with Crippen LogP contribution in [0.1, 0.15) is 17.0 Å². The molecule has 2 rings (SSSR count). The quantitative estimate of drug-likeness (QED) is 0.853. The highest BCUT2D eigenvalue weighted by Gasteiger charge is 2.05. The number of anilines is 1. The Hall–Kier alpha value is -2.30. The Balaban J connectivity index is 2.31. The van der Waals surface area contributed by atoms with E-state index < -0.39 is 0 Å². The molecule has 2 aromatic rings. The number of rotatable bonds is 3. The molecule has 0 aliphatic rings. The number of benzene rings is 1. The molecule has 1 aromatic heterocycles. The fourth-order valence-electron chi connectivity index (χ4n) is 1.66. The van der Waals surface area contributed by atoms with Crippen LogP contribution in [-0.4, -0.2) is 17.1 Å². The van der Waals surface area contributed by atoms with E-state index in [1.165, 1.54) is 0 Å². The van der Waals surface area contributed by atoms with Gasteiger partial charge in [0, 0.05) is 6.42 Å². The average Bonchev–Trinajstić information content (AvgIpc) is 2.36. The van der Waals surface area contributed by atoms with E-state index in [0.29, 0.717) is 17.8 Å². The molecule has 0 bridgehead atoms. The summed E-state index contributed by atoms with van der Waals surface area (Å²) in [5, 5.41) is 0. The molecule has 3 N–H and O–H groups in total. The minimum atomic E-state index is -0.194. The van der Waals surface area contributed by atoms with Crippen molar-refractivity contribution in [3.8, 4) is 5.75 Å². The average molecular weight is 245 g/mol. The summed E-state index contributed by atoms with van der Waals surface area (Å²) < 4.78 is 5.14. The van der Waals surface area contributed by atoms with E-state index in [0.717, 1.165) is 11.3 Å². The summed E-state index contributed by atoms with van der Waals surface area (Å²) >= 11 is 0. The molecule has 0 saturated carbocycles. The highest BCUT2D eigenvalue weighted by Crippen LogP contribution is 2.14. The van der Waals surface area contributed by atoms with E-state index in [4.69, 9.17) is 10.5 Å². The number of aromatic nitrogens is 2. The van der Waals surface area contributed by atoms with E-state index >= 15 is 0 Å². The molecular formula is C13H15N3O2. The van der Waals surface area contributed by atoms with Crippen LogP contribution in [0.3, 0.4) is 0 Å². The van der Waals surface area contributed by atoms with Gasteiger partial charge >= 0.3 is 0 Å². The van der Waals surface area contributed by atoms with Crippen molar-refractivity contribution in [2.45, 2.75) is 13.3 Å². The van der Waals surface area contributed by atoms with Gasteiger partial charge in [-0.05, 0) is 24.6 Å². The molecular weight excluding hydrogens is 230 g/mol. The van der Waals surface area contributed by atoms with Gasteiger partial charge in [-0.1, -0.05) is 12.1 Å². The van der Waals surface area contributed by atoms with Gasteiger partial charge in [0.05, 0.1) is 12.7 Å². The van der Waals surface area contributed by atoms with Crippen molar-refractivity contribution in [3.05, 3.63) is 51.6 Å². The van der Waals surface area contributed by atoms with Crippen LogP contribution in [0.4, 0.5) is 5.82 Å². The van der Waals surface area contributed by atoms with E-state index in [-0.39, 0.29) is 11.4 Å². The molecule has 0 amide bonds. The van der Waals surface area contributed by atoms with Crippen LogP contribution in [0.25, 0.3) is 0 Å². The van der Waals surface area contributed by atoms with Gasteiger partial charge in [-0.15, -0.1) is 0 Å². The highest BCUT2D eigenvalue weighted by atomic mass is 16.5. The topological polar surface area (TPSA) is 81.0 Å². The van der Waals surface area contributed by atoms with Crippen molar-refractivity contribution in [1.29, 1.82) is 0 Å². The lowest BCUT2D eigenvalue weighted by Crippen LogP contribution is -2.17. The Kier molecular flexibility index (Phi) is 3.32. The van der Waals surface area contributed by atoms with Crippen molar-refractivity contribution in [3.63, 3.8) is 0 Å². The lowest BCUT2D eigenvalue weighted by atomic mass is 10.1. The summed E-state index contributed by atoms with van der Waals surface area (Å²) in [5.74, 6) is 1.60. The van der Waals surface area contributed by atoms with Crippen molar-refractivity contribution >= 4 is 5.82 Å². The molecule has 0 radical (unpaired) electrons. The van der Waals surface area contributed by atoms with Gasteiger partial charge < -0.3 is 15.5 Å². The monoisotopic (exact) mass is 245 g/mol. The molecule has 1 aromatic carbocycles. The molecule has 1 heterocycles. The van der Waals surface area contributed by atoms with Gasteiger partial charge in [0.15, 0.2) is 0 Å². The molecule has 0 aliphatic heterocycles. The van der Waals surface area contributed by atoms with Crippen LogP contribution in [0.15, 0.2) is 29.1 Å². The van der Waals surface area contributed by atoms with E-state index in [1.807, 2.05) is 24.3 Å². The molecule has 0 saturated heterocycles. The number of nitrogen functional groups attached to an aromatic ring is 1. The molecule has 0 unspecified atom stereocenters. The highest BCUT2D eigenvalue weighted by molar-refractivity contribution is 5.37. The lowest BCUT2D eigenvalue weighted by Gasteiger charge is -2.06. The zero-order chi connectivity index (χ0) is 13.1. The zero-order valence-corrected chi connectivity index (χ0v) is 10.4. The number of H-pyrrole nitrogens is 1. The Morgan fingerprint density at radius 1 is 1.44 bits per heavy atom. The Morgan fingerprint density at radius 2 is 2.22 bits per heavy atom. The van der Waals surface area contributed by atoms with Gasteiger partial charge in [-0.25, -0.2) is 4.98 Å². The number of methoxy groups -OCH3 is 1. The largest absolute Gasteiger partial charge is 0.497 e. The van der Waals surface area contributed by atoms with Crippen LogP contribution in [0, 0.1) is 6.92 Å². The minimum Gasteiger partial charge on any atom is -0.497 e. The van der Waals surface area contributed by atoms with Crippen LogP contribution < -0.4 is 16.0 Å². The van der Waals surface area contributed by atoms with Crippen LogP contribution in [-0.2, 0) is 6.42 Å². The summed E-state index contributed by atoms with van der Waals surface area (Å²) in [6.45, 7) is 1.65. The number of hydrogen-bond acceptors (Lipinski definition) is 4. The fourth-order valence-corrected chi connectivity index (χ4v) is 1.66. The smallest absolute Gasteiger partial charge is 0.255 e. The SMILES string of the molecule is COc1cccc(Cc2nc(N)c(C)c(=O)[nH]2)c1. The standard InChI is InChI=1S/C13H15N3O2/c1-8-12(14)15-11(16-13(8)17)7-9-4-3-5-10(6-9)18-2/h3-6H,7H2,1-2H3,(H3,14,15,16,17). The number of hydrogen-bond donors (Lipinski definition) is 2. The minimum absolute atomic E-state index is 0.194. The number of ether oxygens (including phenoxy) is 1. The van der Waals surface area contributed by atoms with Gasteiger partial charge in [0.2, 0.25) is 0 Å². The number of aromatic amines is 1. The molecule has 0 aliphatic carbocycles. The van der Waals surface area contributed by atoms with Crippen LogP contribution >= 0.6 is 0 Å². The third-order valence-corrected chi connectivity index (χ3v) is 2.74. The molecule has 5 heteroatoms. The van der Waals surface area contributed by atoms with Gasteiger partial charge in [-0.3, -0.25) is 4.79 Å².